The minimum Gasteiger partial charge on any atom is -0.496 e. The average Bonchev–Trinajstić information content (AvgIpc) is 3.49. The van der Waals surface area contributed by atoms with Gasteiger partial charge in [0.2, 0.25) is 10.0 Å². The Morgan fingerprint density at radius 1 is 1.03 bits per heavy atom. The van der Waals surface area contributed by atoms with E-state index in [1.807, 2.05) is 12.1 Å². The van der Waals surface area contributed by atoms with Gasteiger partial charge in [0, 0.05) is 10.9 Å². The zero-order chi connectivity index (χ0) is 22.2. The summed E-state index contributed by atoms with van der Waals surface area (Å²) in [6.07, 6.45) is 0.144. The van der Waals surface area contributed by atoms with Crippen LogP contribution in [0.4, 0.5) is 0 Å². The Bertz CT molecular complexity index is 1230. The van der Waals surface area contributed by atoms with E-state index in [2.05, 4.69) is 4.72 Å². The number of sulfonamides is 1. The second kappa shape index (κ2) is 8.00. The summed E-state index contributed by atoms with van der Waals surface area (Å²) >= 11 is 5.91. The summed E-state index contributed by atoms with van der Waals surface area (Å²) in [4.78, 5) is 12.1. The fraction of sp³-hybridized carbons (Fsp3) is 0.174. The van der Waals surface area contributed by atoms with Crippen LogP contribution in [0.2, 0.25) is 5.02 Å². The molecule has 2 N–H and O–H groups in total. The number of para-hydroxylation sites is 1. The third kappa shape index (κ3) is 4.04. The monoisotopic (exact) mass is 457 g/mol. The molecule has 0 bridgehead atoms. The van der Waals surface area contributed by atoms with E-state index in [1.165, 1.54) is 19.2 Å². The minimum atomic E-state index is -4.06. The molecule has 0 heterocycles. The SMILES string of the molecule is COc1ccccc1[C@@H]1C[C@]1(NS(=O)(=O)c1ccc(-c2ccc(Cl)cc2)cc1)C(=O)O. The van der Waals surface area contributed by atoms with Crippen LogP contribution in [0.15, 0.2) is 77.7 Å². The summed E-state index contributed by atoms with van der Waals surface area (Å²) in [6.45, 7) is 0. The molecule has 1 aliphatic carbocycles. The first-order valence-electron chi connectivity index (χ1n) is 9.53. The number of rotatable bonds is 7. The van der Waals surface area contributed by atoms with Crippen molar-refractivity contribution in [2.45, 2.75) is 22.8 Å². The highest BCUT2D eigenvalue weighted by molar-refractivity contribution is 7.89. The lowest BCUT2D eigenvalue weighted by Gasteiger charge is -2.17. The van der Waals surface area contributed by atoms with Crippen molar-refractivity contribution >= 4 is 27.6 Å². The number of carboxylic acid groups (broad SMARTS) is 1. The van der Waals surface area contributed by atoms with E-state index >= 15 is 0 Å². The quantitative estimate of drug-likeness (QED) is 0.551. The van der Waals surface area contributed by atoms with Crippen molar-refractivity contribution in [3.8, 4) is 16.9 Å². The number of halogens is 1. The summed E-state index contributed by atoms with van der Waals surface area (Å²) in [5, 5.41) is 10.5. The molecule has 0 amide bonds. The molecule has 3 aromatic rings. The molecule has 1 aliphatic rings. The lowest BCUT2D eigenvalue weighted by atomic mass is 10.1. The number of hydrogen-bond acceptors (Lipinski definition) is 4. The number of carboxylic acids is 1. The van der Waals surface area contributed by atoms with Crippen molar-refractivity contribution in [3.63, 3.8) is 0 Å². The Balaban J connectivity index is 1.60. The van der Waals surface area contributed by atoms with E-state index in [1.54, 1.807) is 48.5 Å². The number of hydrogen-bond donors (Lipinski definition) is 2. The van der Waals surface area contributed by atoms with Crippen LogP contribution in [-0.2, 0) is 14.8 Å². The maximum Gasteiger partial charge on any atom is 0.325 e. The Labute approximate surface area is 185 Å². The molecule has 31 heavy (non-hydrogen) atoms. The molecule has 8 heteroatoms. The van der Waals surface area contributed by atoms with Crippen molar-refractivity contribution in [3.05, 3.63) is 83.4 Å². The first-order valence-corrected chi connectivity index (χ1v) is 11.4. The molecular formula is C23H20ClNO5S. The molecule has 4 rings (SSSR count). The minimum absolute atomic E-state index is 0.00323. The second-order valence-electron chi connectivity index (χ2n) is 7.41. The van der Waals surface area contributed by atoms with Gasteiger partial charge >= 0.3 is 5.97 Å². The Morgan fingerprint density at radius 2 is 1.61 bits per heavy atom. The predicted octanol–water partition coefficient (Wildman–Crippen LogP) is 4.30. The smallest absolute Gasteiger partial charge is 0.325 e. The van der Waals surface area contributed by atoms with Gasteiger partial charge in [0.15, 0.2) is 0 Å². The number of aliphatic carboxylic acids is 1. The maximum atomic E-state index is 13.0. The van der Waals surface area contributed by atoms with E-state index < -0.39 is 27.4 Å². The van der Waals surface area contributed by atoms with Crippen molar-refractivity contribution in [2.75, 3.05) is 7.11 Å². The van der Waals surface area contributed by atoms with Gasteiger partial charge < -0.3 is 9.84 Å². The zero-order valence-electron chi connectivity index (χ0n) is 16.6. The molecule has 0 radical (unpaired) electrons. The highest BCUT2D eigenvalue weighted by Gasteiger charge is 2.64. The van der Waals surface area contributed by atoms with Crippen LogP contribution < -0.4 is 9.46 Å². The molecule has 1 saturated carbocycles. The first kappa shape index (κ1) is 21.4. The van der Waals surface area contributed by atoms with Gasteiger partial charge in [-0.25, -0.2) is 8.42 Å². The molecular weight excluding hydrogens is 438 g/mol. The van der Waals surface area contributed by atoms with Gasteiger partial charge in [0.1, 0.15) is 11.3 Å². The summed E-state index contributed by atoms with van der Waals surface area (Å²) in [5.74, 6) is -1.21. The number of carbonyl (C=O) groups is 1. The molecule has 0 aromatic heterocycles. The first-order chi connectivity index (χ1) is 14.8. The van der Waals surface area contributed by atoms with E-state index in [4.69, 9.17) is 16.3 Å². The summed E-state index contributed by atoms with van der Waals surface area (Å²) in [5.41, 5.74) is 0.763. The number of methoxy groups -OCH3 is 1. The highest BCUT2D eigenvalue weighted by atomic mass is 35.5. The van der Waals surface area contributed by atoms with Crippen molar-refractivity contribution in [2.24, 2.45) is 0 Å². The van der Waals surface area contributed by atoms with E-state index in [-0.39, 0.29) is 11.3 Å². The van der Waals surface area contributed by atoms with Crippen molar-refractivity contribution in [1.82, 2.24) is 4.72 Å². The van der Waals surface area contributed by atoms with Crippen LogP contribution in [-0.4, -0.2) is 32.1 Å². The zero-order valence-corrected chi connectivity index (χ0v) is 18.2. The van der Waals surface area contributed by atoms with Crippen LogP contribution in [0.25, 0.3) is 11.1 Å². The predicted molar refractivity (Wildman–Crippen MR) is 118 cm³/mol. The molecule has 0 unspecified atom stereocenters. The third-order valence-electron chi connectivity index (χ3n) is 5.52. The van der Waals surface area contributed by atoms with Crippen molar-refractivity contribution < 1.29 is 23.1 Å². The average molecular weight is 458 g/mol. The molecule has 0 spiro atoms. The topological polar surface area (TPSA) is 92.7 Å². The van der Waals surface area contributed by atoms with Gasteiger partial charge in [0.05, 0.1) is 12.0 Å². The molecule has 1 fully saturated rings. The fourth-order valence-corrected chi connectivity index (χ4v) is 5.28. The van der Waals surface area contributed by atoms with Crippen LogP contribution in [0, 0.1) is 0 Å². The van der Waals surface area contributed by atoms with Crippen LogP contribution in [0.3, 0.4) is 0 Å². The lowest BCUT2D eigenvalue weighted by Crippen LogP contribution is -2.44. The van der Waals surface area contributed by atoms with Gasteiger partial charge in [-0.1, -0.05) is 54.1 Å². The molecule has 3 aromatic carbocycles. The lowest BCUT2D eigenvalue weighted by molar-refractivity contribution is -0.140. The van der Waals surface area contributed by atoms with Gasteiger partial charge in [-0.15, -0.1) is 0 Å². The van der Waals surface area contributed by atoms with Crippen molar-refractivity contribution in [1.29, 1.82) is 0 Å². The van der Waals surface area contributed by atoms with Gasteiger partial charge in [-0.2, -0.15) is 4.72 Å². The standard InChI is InChI=1S/C23H20ClNO5S/c1-30-21-5-3-2-4-19(21)20-14-23(20,22(26)27)25-31(28,29)18-12-8-16(9-13-18)15-6-10-17(24)11-7-15/h2-13,20,25H,14H2,1H3,(H,26,27)/t20-,23+/m0/s1. The summed E-state index contributed by atoms with van der Waals surface area (Å²) in [7, 11) is -2.56. The molecule has 0 saturated heterocycles. The van der Waals surface area contributed by atoms with Gasteiger partial charge in [-0.05, 0) is 53.4 Å². The number of ether oxygens (including phenoxy) is 1. The Kier molecular flexibility index (Phi) is 5.51. The van der Waals surface area contributed by atoms with E-state index in [9.17, 15) is 18.3 Å². The highest BCUT2D eigenvalue weighted by Crippen LogP contribution is 2.54. The van der Waals surface area contributed by atoms with Crippen LogP contribution in [0.1, 0.15) is 17.9 Å². The van der Waals surface area contributed by atoms with Crippen LogP contribution in [0.5, 0.6) is 5.75 Å². The molecule has 2 atom stereocenters. The fourth-order valence-electron chi connectivity index (χ4n) is 3.75. The largest absolute Gasteiger partial charge is 0.496 e. The molecule has 160 valence electrons. The summed E-state index contributed by atoms with van der Waals surface area (Å²) < 4.78 is 33.7. The van der Waals surface area contributed by atoms with E-state index in [0.717, 1.165) is 11.1 Å². The third-order valence-corrected chi connectivity index (χ3v) is 7.29. The molecule has 6 nitrogen and oxygen atoms in total. The number of benzene rings is 3. The maximum absolute atomic E-state index is 13.0. The van der Waals surface area contributed by atoms with Crippen LogP contribution >= 0.6 is 11.6 Å². The van der Waals surface area contributed by atoms with E-state index in [0.29, 0.717) is 16.3 Å². The number of nitrogens with one attached hydrogen (secondary N) is 1. The molecule has 0 aliphatic heterocycles. The van der Waals surface area contributed by atoms with Gasteiger partial charge in [-0.3, -0.25) is 4.79 Å². The normalized spacial score (nSPS) is 20.3. The Hall–Kier alpha value is -2.87. The van der Waals surface area contributed by atoms with Gasteiger partial charge in [0.25, 0.3) is 0 Å². The second-order valence-corrected chi connectivity index (χ2v) is 9.53. The Morgan fingerprint density at radius 3 is 2.19 bits per heavy atom. The summed E-state index contributed by atoms with van der Waals surface area (Å²) in [6, 6.07) is 20.5.